The summed E-state index contributed by atoms with van der Waals surface area (Å²) in [6.07, 6.45) is 0. The predicted molar refractivity (Wildman–Crippen MR) is 44.2 cm³/mol. The molecule has 0 aromatic carbocycles. The van der Waals surface area contributed by atoms with Gasteiger partial charge in [-0.1, -0.05) is 0 Å². The van der Waals surface area contributed by atoms with Crippen molar-refractivity contribution in [2.24, 2.45) is 5.92 Å². The number of alkyl halides is 2. The second kappa shape index (κ2) is 2.81. The summed E-state index contributed by atoms with van der Waals surface area (Å²) >= 11 is 2.98. The third kappa shape index (κ3) is 1.92. The van der Waals surface area contributed by atoms with Crippen molar-refractivity contribution in [3.05, 3.63) is 0 Å². The van der Waals surface area contributed by atoms with Crippen molar-refractivity contribution in [1.29, 1.82) is 0 Å². The van der Waals surface area contributed by atoms with Crippen LogP contribution in [-0.4, -0.2) is 7.47 Å². The van der Waals surface area contributed by atoms with Crippen LogP contribution in [0, 0.1) is 5.92 Å². The summed E-state index contributed by atoms with van der Waals surface area (Å²) in [5.41, 5.74) is 0. The molecule has 1 aliphatic rings. The molecule has 2 unspecified atom stereocenters. The molecule has 1 rings (SSSR count). The van der Waals surface area contributed by atoms with Crippen LogP contribution < -0.4 is 25.0 Å². The summed E-state index contributed by atoms with van der Waals surface area (Å²) < 4.78 is 4.86. The van der Waals surface area contributed by atoms with Gasteiger partial charge in [0, 0.05) is 0 Å². The molecule has 0 spiro atoms. The first kappa shape index (κ1) is 8.52. The van der Waals surface area contributed by atoms with E-state index in [-0.39, 0.29) is 0 Å². The van der Waals surface area contributed by atoms with Gasteiger partial charge in [-0.25, -0.2) is 0 Å². The molecule has 0 aromatic heterocycles. The molecule has 1 N–H and O–H groups in total. The maximum absolute atomic E-state index is 3.46. The molecule has 0 aliphatic carbocycles. The fourth-order valence-corrected chi connectivity index (χ4v) is 4.23. The van der Waals surface area contributed by atoms with Gasteiger partial charge in [0.15, 0.2) is 0 Å². The van der Waals surface area contributed by atoms with E-state index in [9.17, 15) is 0 Å². The van der Waals surface area contributed by atoms with Crippen molar-refractivity contribution in [1.82, 2.24) is 3.53 Å². The van der Waals surface area contributed by atoms with Gasteiger partial charge in [-0.15, -0.1) is 0 Å². The quantitative estimate of drug-likeness (QED) is 0.217. The number of hydrogen-bond donors (Lipinski definition) is 1. The molecule has 56 valence electrons. The molecule has 0 radical (unpaired) electrons. The molecule has 2 atom stereocenters. The van der Waals surface area contributed by atoms with Crippen molar-refractivity contribution in [3.63, 3.8) is 0 Å². The zero-order chi connectivity index (χ0) is 7.07. The van der Waals surface area contributed by atoms with E-state index in [2.05, 4.69) is 46.9 Å². The van der Waals surface area contributed by atoms with E-state index >= 15 is 0 Å². The Bertz CT molecular complexity index is 104. The molecule has 1 heterocycles. The van der Waals surface area contributed by atoms with E-state index in [1.165, 1.54) is 0 Å². The van der Waals surface area contributed by atoms with Crippen LogP contribution in [0.15, 0.2) is 0 Å². The molecular weight excluding hydrogens is 340 g/mol. The zero-order valence-corrected chi connectivity index (χ0v) is 10.2. The van der Waals surface area contributed by atoms with E-state index < -0.39 is 0 Å². The van der Waals surface area contributed by atoms with Gasteiger partial charge >= 0.3 is 81.8 Å². The number of halogens is 2. The zero-order valence-electron chi connectivity index (χ0n) is 5.91. The van der Waals surface area contributed by atoms with Gasteiger partial charge in [-0.05, 0) is 0 Å². The second-order valence-corrected chi connectivity index (χ2v) is 7.70. The van der Waals surface area contributed by atoms with Gasteiger partial charge in [-0.3, -0.25) is 0 Å². The standard InChI is InChI=1S/C6H12I2N/c1-4(2)6(3,7)5-8-9-5/h4-5,9H,1-3H3/q-1. The number of hydrogen-bond acceptors (Lipinski definition) is 1. The summed E-state index contributed by atoms with van der Waals surface area (Å²) in [6.45, 7) is 6.95. The topological polar surface area (TPSA) is 21.9 Å². The van der Waals surface area contributed by atoms with Crippen LogP contribution in [0.4, 0.5) is 0 Å². The Labute approximate surface area is 81.1 Å². The average Bonchev–Trinajstić information content (AvgIpc) is 2.42. The minimum absolute atomic E-state index is 0.393. The summed E-state index contributed by atoms with van der Waals surface area (Å²) in [5.74, 6) is 0.804. The molecular formula is C6H12I2N-. The van der Waals surface area contributed by atoms with Crippen LogP contribution in [0.5, 0.6) is 0 Å². The predicted octanol–water partition coefficient (Wildman–Crippen LogP) is -1.23. The molecule has 0 amide bonds. The monoisotopic (exact) mass is 352 g/mol. The Balaban J connectivity index is 2.48. The first-order valence-corrected chi connectivity index (χ1v) is 6.52. The first-order valence-electron chi connectivity index (χ1n) is 3.12. The van der Waals surface area contributed by atoms with E-state index in [0.717, 1.165) is 9.97 Å². The van der Waals surface area contributed by atoms with E-state index in [4.69, 9.17) is 0 Å². The van der Waals surface area contributed by atoms with Crippen molar-refractivity contribution >= 4 is 22.6 Å². The van der Waals surface area contributed by atoms with Crippen molar-refractivity contribution < 1.29 is 21.5 Å². The number of nitrogens with one attached hydrogen (secondary N) is 1. The van der Waals surface area contributed by atoms with Crippen LogP contribution in [0.1, 0.15) is 20.8 Å². The SMILES string of the molecule is CC(C)C(C)(I)C1N[I-]1. The summed E-state index contributed by atoms with van der Waals surface area (Å²) in [7, 11) is 0. The van der Waals surface area contributed by atoms with Crippen molar-refractivity contribution in [2.75, 3.05) is 0 Å². The molecule has 3 heteroatoms. The number of rotatable bonds is 2. The Morgan fingerprint density at radius 1 is 1.67 bits per heavy atom. The van der Waals surface area contributed by atoms with Gasteiger partial charge in [-0.2, -0.15) is 0 Å². The van der Waals surface area contributed by atoms with E-state index in [1.54, 1.807) is 0 Å². The normalized spacial score (nSPS) is 33.2. The maximum atomic E-state index is 3.46. The second-order valence-electron chi connectivity index (χ2n) is 2.89. The van der Waals surface area contributed by atoms with Crippen LogP contribution in [0.3, 0.4) is 0 Å². The summed E-state index contributed by atoms with van der Waals surface area (Å²) in [4.78, 5) is 0. The van der Waals surface area contributed by atoms with Gasteiger partial charge < -0.3 is 0 Å². The summed E-state index contributed by atoms with van der Waals surface area (Å²) in [6, 6.07) is 0. The van der Waals surface area contributed by atoms with Crippen LogP contribution in [-0.2, 0) is 0 Å². The van der Waals surface area contributed by atoms with Crippen molar-refractivity contribution in [3.8, 4) is 0 Å². The third-order valence-electron chi connectivity index (χ3n) is 1.84. The van der Waals surface area contributed by atoms with Gasteiger partial charge in [0.1, 0.15) is 0 Å². The van der Waals surface area contributed by atoms with E-state index in [0.29, 0.717) is 24.9 Å². The first-order chi connectivity index (χ1) is 4.05. The van der Waals surface area contributed by atoms with Gasteiger partial charge in [0.25, 0.3) is 0 Å². The molecule has 0 bridgehead atoms. The average molecular weight is 352 g/mol. The Morgan fingerprint density at radius 3 is 2.22 bits per heavy atom. The van der Waals surface area contributed by atoms with Crippen LogP contribution >= 0.6 is 22.6 Å². The molecule has 0 aromatic rings. The van der Waals surface area contributed by atoms with Gasteiger partial charge in [0.05, 0.1) is 0 Å². The molecule has 1 saturated heterocycles. The molecule has 0 saturated carbocycles. The molecule has 1 fully saturated rings. The van der Waals surface area contributed by atoms with Crippen molar-refractivity contribution in [2.45, 2.75) is 28.2 Å². The summed E-state index contributed by atoms with van der Waals surface area (Å²) in [5, 5.41) is 0. The Hall–Kier alpha value is 1.42. The van der Waals surface area contributed by atoms with Gasteiger partial charge in [0.2, 0.25) is 0 Å². The minimum atomic E-state index is 0.393. The molecule has 1 nitrogen and oxygen atoms in total. The Kier molecular flexibility index (Phi) is 2.66. The Morgan fingerprint density at radius 2 is 2.11 bits per heavy atom. The van der Waals surface area contributed by atoms with Crippen LogP contribution in [0.2, 0.25) is 0 Å². The third-order valence-corrected chi connectivity index (χ3v) is 7.44. The van der Waals surface area contributed by atoms with Crippen LogP contribution in [0.25, 0.3) is 0 Å². The molecule has 9 heavy (non-hydrogen) atoms. The fraction of sp³-hybridized carbons (Fsp3) is 1.00. The molecule has 1 aliphatic heterocycles. The fourth-order valence-electron chi connectivity index (χ4n) is 0.537. The van der Waals surface area contributed by atoms with E-state index in [1.807, 2.05) is 0 Å².